The maximum Gasteiger partial charge on any atom is 0.251 e. The third kappa shape index (κ3) is 5.28. The Morgan fingerprint density at radius 3 is 2.42 bits per heavy atom. The van der Waals surface area contributed by atoms with Crippen molar-refractivity contribution in [2.24, 2.45) is 0 Å². The van der Waals surface area contributed by atoms with Crippen molar-refractivity contribution >= 4 is 34.8 Å². The van der Waals surface area contributed by atoms with Gasteiger partial charge in [0.15, 0.2) is 0 Å². The summed E-state index contributed by atoms with van der Waals surface area (Å²) < 4.78 is 0. The van der Waals surface area contributed by atoms with E-state index in [0.29, 0.717) is 28.5 Å². The van der Waals surface area contributed by atoms with Crippen molar-refractivity contribution in [2.45, 2.75) is 13.3 Å². The van der Waals surface area contributed by atoms with Crippen LogP contribution in [0.15, 0.2) is 48.5 Å². The van der Waals surface area contributed by atoms with E-state index in [-0.39, 0.29) is 18.4 Å². The Hall–Kier alpha value is -2.53. The van der Waals surface area contributed by atoms with E-state index in [1.807, 2.05) is 19.1 Å². The van der Waals surface area contributed by atoms with E-state index in [4.69, 9.17) is 11.6 Å². The molecule has 6 heteroatoms. The van der Waals surface area contributed by atoms with Gasteiger partial charge in [-0.05, 0) is 42.8 Å². The predicted octanol–water partition coefficient (Wildman–Crippen LogP) is 3.53. The van der Waals surface area contributed by atoms with Gasteiger partial charge in [0.2, 0.25) is 5.91 Å². The Balaban J connectivity index is 1.85. The number of benzene rings is 2. The Bertz CT molecular complexity index is 702. The fourth-order valence-electron chi connectivity index (χ4n) is 2.03. The number of para-hydroxylation sites is 1. The minimum absolute atomic E-state index is 0.0997. The number of rotatable bonds is 7. The standard InChI is InChI=1S/C18H20ClN3O2/c1-2-11-20-18(24)13-7-9-14(10-8-13)22-17(23)12-21-16-6-4-3-5-15(16)19/h3-10,21H,2,11-12H2,1H3,(H,20,24)(H,22,23). The molecule has 0 aromatic heterocycles. The van der Waals surface area contributed by atoms with Gasteiger partial charge in [-0.3, -0.25) is 9.59 Å². The largest absolute Gasteiger partial charge is 0.375 e. The van der Waals surface area contributed by atoms with Crippen LogP contribution in [0.1, 0.15) is 23.7 Å². The first-order valence-corrected chi connectivity index (χ1v) is 8.14. The van der Waals surface area contributed by atoms with E-state index < -0.39 is 0 Å². The van der Waals surface area contributed by atoms with Gasteiger partial charge in [-0.2, -0.15) is 0 Å². The van der Waals surface area contributed by atoms with Crippen LogP contribution in [0.3, 0.4) is 0 Å². The van der Waals surface area contributed by atoms with Crippen molar-refractivity contribution < 1.29 is 9.59 Å². The van der Waals surface area contributed by atoms with Crippen LogP contribution >= 0.6 is 11.6 Å². The summed E-state index contributed by atoms with van der Waals surface area (Å²) in [5.74, 6) is -0.312. The average Bonchev–Trinajstić information content (AvgIpc) is 2.59. The fraction of sp³-hybridized carbons (Fsp3) is 0.222. The molecule has 126 valence electrons. The lowest BCUT2D eigenvalue weighted by Gasteiger charge is -2.09. The smallest absolute Gasteiger partial charge is 0.251 e. The molecule has 0 radical (unpaired) electrons. The molecule has 2 aromatic carbocycles. The molecule has 0 saturated carbocycles. The third-order valence-corrected chi connectivity index (χ3v) is 3.61. The van der Waals surface area contributed by atoms with Crippen LogP contribution in [0.4, 0.5) is 11.4 Å². The van der Waals surface area contributed by atoms with Gasteiger partial charge in [-0.1, -0.05) is 30.7 Å². The highest BCUT2D eigenvalue weighted by atomic mass is 35.5. The topological polar surface area (TPSA) is 70.2 Å². The van der Waals surface area contributed by atoms with Crippen LogP contribution < -0.4 is 16.0 Å². The van der Waals surface area contributed by atoms with Crippen LogP contribution in [0, 0.1) is 0 Å². The van der Waals surface area contributed by atoms with Gasteiger partial charge in [0, 0.05) is 17.8 Å². The van der Waals surface area contributed by atoms with Crippen molar-refractivity contribution in [3.8, 4) is 0 Å². The minimum Gasteiger partial charge on any atom is -0.375 e. The van der Waals surface area contributed by atoms with Crippen LogP contribution in [0.2, 0.25) is 5.02 Å². The summed E-state index contributed by atoms with van der Waals surface area (Å²) in [4.78, 5) is 23.8. The Labute approximate surface area is 146 Å². The van der Waals surface area contributed by atoms with E-state index in [2.05, 4.69) is 16.0 Å². The van der Waals surface area contributed by atoms with Crippen molar-refractivity contribution in [2.75, 3.05) is 23.7 Å². The zero-order chi connectivity index (χ0) is 17.4. The minimum atomic E-state index is -0.196. The Morgan fingerprint density at radius 1 is 1.04 bits per heavy atom. The number of hydrogen-bond acceptors (Lipinski definition) is 3. The molecule has 0 saturated heterocycles. The quantitative estimate of drug-likeness (QED) is 0.719. The second-order valence-electron chi connectivity index (χ2n) is 5.21. The molecule has 0 heterocycles. The lowest BCUT2D eigenvalue weighted by atomic mass is 10.2. The highest BCUT2D eigenvalue weighted by molar-refractivity contribution is 6.33. The first kappa shape index (κ1) is 17.8. The van der Waals surface area contributed by atoms with Crippen molar-refractivity contribution in [3.05, 3.63) is 59.1 Å². The summed E-state index contributed by atoms with van der Waals surface area (Å²) in [5, 5.41) is 9.11. The van der Waals surface area contributed by atoms with Gasteiger partial charge in [-0.15, -0.1) is 0 Å². The van der Waals surface area contributed by atoms with Crippen molar-refractivity contribution in [3.63, 3.8) is 0 Å². The maximum atomic E-state index is 12.0. The molecule has 5 nitrogen and oxygen atoms in total. The van der Waals surface area contributed by atoms with E-state index in [1.54, 1.807) is 36.4 Å². The van der Waals surface area contributed by atoms with Gasteiger partial charge in [0.25, 0.3) is 5.91 Å². The SMILES string of the molecule is CCCNC(=O)c1ccc(NC(=O)CNc2ccccc2Cl)cc1. The van der Waals surface area contributed by atoms with Crippen LogP contribution in [0.25, 0.3) is 0 Å². The molecular formula is C18H20ClN3O2. The Morgan fingerprint density at radius 2 is 1.75 bits per heavy atom. The molecule has 0 spiro atoms. The molecule has 3 N–H and O–H groups in total. The monoisotopic (exact) mass is 345 g/mol. The van der Waals surface area contributed by atoms with E-state index in [1.165, 1.54) is 0 Å². The second kappa shape index (κ2) is 8.93. The molecule has 2 rings (SSSR count). The molecule has 2 amide bonds. The molecule has 24 heavy (non-hydrogen) atoms. The number of halogens is 1. The maximum absolute atomic E-state index is 12.0. The fourth-order valence-corrected chi connectivity index (χ4v) is 2.23. The van der Waals surface area contributed by atoms with Gasteiger partial charge < -0.3 is 16.0 Å². The lowest BCUT2D eigenvalue weighted by Crippen LogP contribution is -2.24. The molecule has 0 aliphatic rings. The summed E-state index contributed by atoms with van der Waals surface area (Å²) in [6.45, 7) is 2.74. The molecule has 0 fully saturated rings. The van der Waals surface area contributed by atoms with E-state index in [9.17, 15) is 9.59 Å². The summed E-state index contributed by atoms with van der Waals surface area (Å²) in [7, 11) is 0. The molecule has 0 bridgehead atoms. The van der Waals surface area contributed by atoms with Crippen LogP contribution in [-0.2, 0) is 4.79 Å². The summed E-state index contributed by atoms with van der Waals surface area (Å²) in [5.41, 5.74) is 1.90. The molecular weight excluding hydrogens is 326 g/mol. The van der Waals surface area contributed by atoms with Crippen LogP contribution in [-0.4, -0.2) is 24.9 Å². The number of nitrogens with one attached hydrogen (secondary N) is 3. The van der Waals surface area contributed by atoms with Gasteiger partial charge in [-0.25, -0.2) is 0 Å². The predicted molar refractivity (Wildman–Crippen MR) is 97.6 cm³/mol. The lowest BCUT2D eigenvalue weighted by molar-refractivity contribution is -0.114. The molecule has 0 aliphatic heterocycles. The zero-order valence-electron chi connectivity index (χ0n) is 13.4. The molecule has 2 aromatic rings. The van der Waals surface area contributed by atoms with Crippen molar-refractivity contribution in [1.29, 1.82) is 0 Å². The molecule has 0 unspecified atom stereocenters. The number of carbonyl (C=O) groups is 2. The normalized spacial score (nSPS) is 10.1. The number of hydrogen-bond donors (Lipinski definition) is 3. The highest BCUT2D eigenvalue weighted by Crippen LogP contribution is 2.20. The van der Waals surface area contributed by atoms with Gasteiger partial charge >= 0.3 is 0 Å². The number of anilines is 2. The van der Waals surface area contributed by atoms with E-state index >= 15 is 0 Å². The first-order chi connectivity index (χ1) is 11.6. The zero-order valence-corrected chi connectivity index (χ0v) is 14.2. The summed E-state index contributed by atoms with van der Waals surface area (Å²) in [6.07, 6.45) is 0.887. The molecule has 0 atom stereocenters. The number of amides is 2. The van der Waals surface area contributed by atoms with E-state index in [0.717, 1.165) is 6.42 Å². The molecule has 0 aliphatic carbocycles. The highest BCUT2D eigenvalue weighted by Gasteiger charge is 2.07. The van der Waals surface area contributed by atoms with Crippen LogP contribution in [0.5, 0.6) is 0 Å². The van der Waals surface area contributed by atoms with Gasteiger partial charge in [0.1, 0.15) is 0 Å². The summed E-state index contributed by atoms with van der Waals surface area (Å²) in [6, 6.07) is 14.0. The number of carbonyl (C=O) groups excluding carboxylic acids is 2. The van der Waals surface area contributed by atoms with Gasteiger partial charge in [0.05, 0.1) is 17.3 Å². The summed E-state index contributed by atoms with van der Waals surface area (Å²) >= 11 is 6.02. The van der Waals surface area contributed by atoms with Crippen molar-refractivity contribution in [1.82, 2.24) is 5.32 Å². The first-order valence-electron chi connectivity index (χ1n) is 7.76. The Kier molecular flexibility index (Phi) is 6.63. The second-order valence-corrected chi connectivity index (χ2v) is 5.62. The average molecular weight is 346 g/mol. The third-order valence-electron chi connectivity index (χ3n) is 3.28.